The van der Waals surface area contributed by atoms with Gasteiger partial charge in [-0.1, -0.05) is 18.7 Å². The van der Waals surface area contributed by atoms with E-state index in [1.807, 2.05) is 6.92 Å². The van der Waals surface area contributed by atoms with Crippen molar-refractivity contribution in [3.63, 3.8) is 0 Å². The second kappa shape index (κ2) is 7.09. The molecule has 1 aliphatic rings. The number of hydrogen-bond donors (Lipinski definition) is 3. The molecule has 1 amide bonds. The molecule has 1 heterocycles. The van der Waals surface area contributed by atoms with Gasteiger partial charge in [0.1, 0.15) is 5.75 Å². The molecule has 1 aromatic heterocycles. The molecule has 0 aliphatic heterocycles. The summed E-state index contributed by atoms with van der Waals surface area (Å²) < 4.78 is 0. The van der Waals surface area contributed by atoms with E-state index in [1.165, 1.54) is 23.9 Å². The number of hydrogen-bond acceptors (Lipinski definition) is 5. The van der Waals surface area contributed by atoms with Gasteiger partial charge in [0.15, 0.2) is 5.16 Å². The van der Waals surface area contributed by atoms with Gasteiger partial charge in [0.05, 0.1) is 10.9 Å². The van der Waals surface area contributed by atoms with E-state index < -0.39 is 0 Å². The van der Waals surface area contributed by atoms with E-state index in [0.29, 0.717) is 17.3 Å². The highest BCUT2D eigenvalue weighted by Crippen LogP contribution is 2.25. The van der Waals surface area contributed by atoms with Crippen molar-refractivity contribution in [2.45, 2.75) is 43.0 Å². The molecule has 7 heteroatoms. The van der Waals surface area contributed by atoms with E-state index in [4.69, 9.17) is 0 Å². The van der Waals surface area contributed by atoms with Gasteiger partial charge in [0.25, 0.3) is 5.56 Å². The highest BCUT2D eigenvalue weighted by atomic mass is 32.2. The van der Waals surface area contributed by atoms with Crippen LogP contribution in [0.5, 0.6) is 5.75 Å². The summed E-state index contributed by atoms with van der Waals surface area (Å²) >= 11 is 1.27. The summed E-state index contributed by atoms with van der Waals surface area (Å²) in [5.41, 5.74) is 2.16. The summed E-state index contributed by atoms with van der Waals surface area (Å²) in [4.78, 5) is 31.8. The highest BCUT2D eigenvalue weighted by molar-refractivity contribution is 8.00. The lowest BCUT2D eigenvalue weighted by molar-refractivity contribution is -0.115. The largest absolute Gasteiger partial charge is 0.508 e. The van der Waals surface area contributed by atoms with Gasteiger partial charge < -0.3 is 15.4 Å². The number of nitrogens with one attached hydrogen (secondary N) is 2. The summed E-state index contributed by atoms with van der Waals surface area (Å²) in [6.07, 6.45) is 3.16. The Bertz CT molecular complexity index is 802. The quantitative estimate of drug-likeness (QED) is 0.440. The molecule has 0 fully saturated rings. The minimum absolute atomic E-state index is 0.0891. The number of thioether (sulfide) groups is 1. The van der Waals surface area contributed by atoms with Crippen LogP contribution in [0.1, 0.15) is 31.0 Å². The number of aromatic amines is 1. The van der Waals surface area contributed by atoms with Crippen molar-refractivity contribution in [2.24, 2.45) is 0 Å². The van der Waals surface area contributed by atoms with E-state index in [9.17, 15) is 14.7 Å². The number of anilines is 1. The van der Waals surface area contributed by atoms with Gasteiger partial charge in [-0.15, -0.1) is 0 Å². The number of phenolic OH excluding ortho intramolecular Hbond substituents is 1. The van der Waals surface area contributed by atoms with Gasteiger partial charge in [-0.2, -0.15) is 0 Å². The fourth-order valence-electron chi connectivity index (χ4n) is 2.70. The minimum atomic E-state index is -0.360. The van der Waals surface area contributed by atoms with E-state index in [1.54, 1.807) is 12.1 Å². The predicted molar refractivity (Wildman–Crippen MR) is 93.6 cm³/mol. The van der Waals surface area contributed by atoms with E-state index in [0.717, 1.165) is 30.5 Å². The summed E-state index contributed by atoms with van der Waals surface area (Å²) in [5, 5.41) is 12.2. The number of carbonyl (C=O) groups is 1. The predicted octanol–water partition coefficient (Wildman–Crippen LogP) is 2.47. The number of fused-ring (bicyclic) bond motifs is 1. The lowest BCUT2D eigenvalue weighted by Gasteiger charge is -2.14. The molecule has 1 unspecified atom stereocenters. The number of nitrogens with zero attached hydrogens (tertiary/aromatic N) is 1. The van der Waals surface area contributed by atoms with Crippen LogP contribution in [0.2, 0.25) is 0 Å². The third-order valence-corrected chi connectivity index (χ3v) is 5.22. The lowest BCUT2D eigenvalue weighted by Crippen LogP contribution is -2.25. The van der Waals surface area contributed by atoms with E-state index in [-0.39, 0.29) is 22.5 Å². The van der Waals surface area contributed by atoms with Crippen molar-refractivity contribution in [3.8, 4) is 5.75 Å². The van der Waals surface area contributed by atoms with Crippen LogP contribution in [0.3, 0.4) is 0 Å². The van der Waals surface area contributed by atoms with Gasteiger partial charge in [-0.05, 0) is 49.9 Å². The average molecular weight is 345 g/mol. The fourth-order valence-corrected chi connectivity index (χ4v) is 3.62. The standard InChI is InChI=1S/C17H19N3O3S/c1-2-14(16(23)18-10-6-8-11(21)9-7-10)24-17-19-13-5-3-4-12(13)15(22)20-17/h6-9,14,21H,2-5H2,1H3,(H,18,23)(H,19,20,22). The summed E-state index contributed by atoms with van der Waals surface area (Å²) in [7, 11) is 0. The first-order chi connectivity index (χ1) is 11.6. The maximum absolute atomic E-state index is 12.4. The number of H-pyrrole nitrogens is 1. The maximum Gasteiger partial charge on any atom is 0.254 e. The molecular weight excluding hydrogens is 326 g/mol. The normalized spacial score (nSPS) is 14.2. The summed E-state index contributed by atoms with van der Waals surface area (Å²) in [6.45, 7) is 1.92. The Morgan fingerprint density at radius 2 is 2.12 bits per heavy atom. The molecule has 0 saturated carbocycles. The van der Waals surface area contributed by atoms with Crippen molar-refractivity contribution < 1.29 is 9.90 Å². The Labute approximate surface area is 143 Å². The van der Waals surface area contributed by atoms with Crippen LogP contribution in [0, 0.1) is 0 Å². The van der Waals surface area contributed by atoms with Crippen LogP contribution < -0.4 is 10.9 Å². The SMILES string of the molecule is CCC(Sc1nc2c(c(=O)[nH]1)CCC2)C(=O)Nc1ccc(O)cc1. The van der Waals surface area contributed by atoms with E-state index in [2.05, 4.69) is 15.3 Å². The van der Waals surface area contributed by atoms with Gasteiger partial charge >= 0.3 is 0 Å². The fraction of sp³-hybridized carbons (Fsp3) is 0.353. The van der Waals surface area contributed by atoms with Crippen molar-refractivity contribution in [1.82, 2.24) is 9.97 Å². The average Bonchev–Trinajstić information content (AvgIpc) is 3.03. The molecule has 3 rings (SSSR count). The zero-order chi connectivity index (χ0) is 17.1. The zero-order valence-electron chi connectivity index (χ0n) is 13.3. The molecule has 126 valence electrons. The number of amides is 1. The molecule has 1 aromatic carbocycles. The minimum Gasteiger partial charge on any atom is -0.508 e. The zero-order valence-corrected chi connectivity index (χ0v) is 14.2. The first-order valence-electron chi connectivity index (χ1n) is 7.95. The number of aromatic hydroxyl groups is 1. The molecule has 24 heavy (non-hydrogen) atoms. The molecule has 3 N–H and O–H groups in total. The second-order valence-corrected chi connectivity index (χ2v) is 6.89. The molecule has 1 atom stereocenters. The Kier molecular flexibility index (Phi) is 4.89. The topological polar surface area (TPSA) is 95.1 Å². The van der Waals surface area contributed by atoms with Crippen molar-refractivity contribution in [1.29, 1.82) is 0 Å². The van der Waals surface area contributed by atoms with Gasteiger partial charge in [-0.25, -0.2) is 4.98 Å². The molecule has 0 saturated heterocycles. The molecule has 2 aromatic rings. The molecule has 0 spiro atoms. The maximum atomic E-state index is 12.4. The third kappa shape index (κ3) is 3.62. The van der Waals surface area contributed by atoms with Crippen molar-refractivity contribution >= 4 is 23.4 Å². The van der Waals surface area contributed by atoms with Crippen LogP contribution in [-0.4, -0.2) is 26.2 Å². The van der Waals surface area contributed by atoms with Crippen LogP contribution in [0.15, 0.2) is 34.2 Å². The Morgan fingerprint density at radius 3 is 2.83 bits per heavy atom. The van der Waals surface area contributed by atoms with Crippen LogP contribution in [0.25, 0.3) is 0 Å². The third-order valence-electron chi connectivity index (χ3n) is 3.97. The van der Waals surface area contributed by atoms with Gasteiger partial charge in [-0.3, -0.25) is 9.59 Å². The Balaban J connectivity index is 1.72. The summed E-state index contributed by atoms with van der Waals surface area (Å²) in [5.74, 6) is -0.00864. The number of aromatic nitrogens is 2. The lowest BCUT2D eigenvalue weighted by atomic mass is 10.2. The van der Waals surface area contributed by atoms with Crippen LogP contribution in [0.4, 0.5) is 5.69 Å². The molecule has 0 radical (unpaired) electrons. The molecule has 1 aliphatic carbocycles. The number of carbonyl (C=O) groups excluding carboxylic acids is 1. The molecule has 0 bridgehead atoms. The van der Waals surface area contributed by atoms with Gasteiger partial charge in [0, 0.05) is 11.3 Å². The Morgan fingerprint density at radius 1 is 1.38 bits per heavy atom. The smallest absolute Gasteiger partial charge is 0.254 e. The second-order valence-electron chi connectivity index (χ2n) is 5.70. The van der Waals surface area contributed by atoms with Crippen LogP contribution in [-0.2, 0) is 17.6 Å². The Hall–Kier alpha value is -2.28. The number of aryl methyl sites for hydroxylation is 1. The van der Waals surface area contributed by atoms with Crippen molar-refractivity contribution in [2.75, 3.05) is 5.32 Å². The molecule has 6 nitrogen and oxygen atoms in total. The summed E-state index contributed by atoms with van der Waals surface area (Å²) in [6, 6.07) is 6.31. The van der Waals surface area contributed by atoms with Crippen LogP contribution >= 0.6 is 11.8 Å². The first kappa shape index (κ1) is 16.6. The van der Waals surface area contributed by atoms with E-state index >= 15 is 0 Å². The van der Waals surface area contributed by atoms with Gasteiger partial charge in [0.2, 0.25) is 5.91 Å². The number of phenols is 1. The first-order valence-corrected chi connectivity index (χ1v) is 8.83. The van der Waals surface area contributed by atoms with Crippen molar-refractivity contribution in [3.05, 3.63) is 45.9 Å². The monoisotopic (exact) mass is 345 g/mol. The molecular formula is C17H19N3O3S. The highest BCUT2D eigenvalue weighted by Gasteiger charge is 2.22. The number of benzene rings is 1. The number of rotatable bonds is 5.